The molecule has 8 heteroatoms. The van der Waals surface area contributed by atoms with E-state index in [9.17, 15) is 10.1 Å². The van der Waals surface area contributed by atoms with Crippen LogP contribution in [0.25, 0.3) is 23.0 Å². The van der Waals surface area contributed by atoms with Gasteiger partial charge in [-0.15, -0.1) is 0 Å². The Morgan fingerprint density at radius 2 is 1.92 bits per heavy atom. The summed E-state index contributed by atoms with van der Waals surface area (Å²) in [4.78, 5) is 15.0. The molecule has 1 saturated heterocycles. The zero-order valence-corrected chi connectivity index (χ0v) is 20.1. The predicted molar refractivity (Wildman–Crippen MR) is 139 cm³/mol. The molecule has 1 aromatic heterocycles. The normalized spacial score (nSPS) is 14.1. The average molecular weight is 484 g/mol. The monoisotopic (exact) mass is 483 g/mol. The first kappa shape index (κ1) is 24.9. The van der Waals surface area contributed by atoms with Gasteiger partial charge in [-0.2, -0.15) is 10.4 Å². The quantitative estimate of drug-likeness (QED) is 0.270. The van der Waals surface area contributed by atoms with Gasteiger partial charge in [-0.3, -0.25) is 9.69 Å². The first-order chi connectivity index (χ1) is 17.7. The van der Waals surface area contributed by atoms with Gasteiger partial charge in [0.2, 0.25) is 0 Å². The molecule has 1 aliphatic rings. The highest BCUT2D eigenvalue weighted by molar-refractivity contribution is 6.02. The topological polar surface area (TPSA) is 92.4 Å². The van der Waals surface area contributed by atoms with Crippen molar-refractivity contribution in [1.82, 2.24) is 20.0 Å². The minimum absolute atomic E-state index is 0.0248. The molecule has 2 aromatic carbocycles. The van der Waals surface area contributed by atoms with Crippen molar-refractivity contribution >= 4 is 12.0 Å². The molecule has 2 heterocycles. The molecular weight excluding hydrogens is 454 g/mol. The molecule has 1 aliphatic heterocycles. The fourth-order valence-electron chi connectivity index (χ4n) is 3.85. The number of carbonyl (C=O) groups excluding carboxylic acids is 1. The van der Waals surface area contributed by atoms with Crippen LogP contribution in [0, 0.1) is 11.3 Å². The van der Waals surface area contributed by atoms with Crippen LogP contribution < -0.4 is 10.1 Å². The zero-order chi connectivity index (χ0) is 25.2. The maximum absolute atomic E-state index is 12.8. The Labute approximate surface area is 211 Å². The summed E-state index contributed by atoms with van der Waals surface area (Å²) < 4.78 is 12.7. The SMILES string of the molecule is C=CCOc1ccc(-c2nn(-c3ccccc3)cc2/C=C(\C#N)C(=O)NCCN2CCOCC2)cc1. The largest absolute Gasteiger partial charge is 0.490 e. The van der Waals surface area contributed by atoms with Crippen LogP contribution >= 0.6 is 0 Å². The van der Waals surface area contributed by atoms with Crippen molar-refractivity contribution in [1.29, 1.82) is 5.26 Å². The number of rotatable bonds is 10. The molecule has 3 aromatic rings. The summed E-state index contributed by atoms with van der Waals surface area (Å²) in [5.41, 5.74) is 3.06. The van der Waals surface area contributed by atoms with Gasteiger partial charge in [0.1, 0.15) is 24.0 Å². The Hall–Kier alpha value is -4.19. The van der Waals surface area contributed by atoms with Gasteiger partial charge in [0.05, 0.1) is 24.6 Å². The lowest BCUT2D eigenvalue weighted by Crippen LogP contribution is -2.41. The maximum Gasteiger partial charge on any atom is 0.262 e. The number of ether oxygens (including phenoxy) is 2. The molecule has 184 valence electrons. The van der Waals surface area contributed by atoms with E-state index in [0.717, 1.165) is 30.1 Å². The van der Waals surface area contributed by atoms with Crippen molar-refractivity contribution in [2.75, 3.05) is 46.0 Å². The lowest BCUT2D eigenvalue weighted by Gasteiger charge is -2.26. The highest BCUT2D eigenvalue weighted by Crippen LogP contribution is 2.27. The maximum atomic E-state index is 12.8. The number of nitrogens with one attached hydrogen (secondary N) is 1. The van der Waals surface area contributed by atoms with Crippen LogP contribution in [0.15, 0.2) is 79.0 Å². The van der Waals surface area contributed by atoms with E-state index in [-0.39, 0.29) is 5.57 Å². The Kier molecular flexibility index (Phi) is 8.65. The number of carbonyl (C=O) groups is 1. The lowest BCUT2D eigenvalue weighted by molar-refractivity contribution is -0.117. The molecule has 0 atom stereocenters. The van der Waals surface area contributed by atoms with Crippen LogP contribution in [0.1, 0.15) is 5.56 Å². The number of morpholine rings is 1. The molecule has 0 bridgehead atoms. The van der Waals surface area contributed by atoms with Gasteiger partial charge >= 0.3 is 0 Å². The Morgan fingerprint density at radius 1 is 1.17 bits per heavy atom. The van der Waals surface area contributed by atoms with Crippen LogP contribution in [0.3, 0.4) is 0 Å². The molecule has 1 N–H and O–H groups in total. The van der Waals surface area contributed by atoms with Gasteiger partial charge in [0.15, 0.2) is 0 Å². The van der Waals surface area contributed by atoms with E-state index >= 15 is 0 Å². The second-order valence-electron chi connectivity index (χ2n) is 8.22. The van der Waals surface area contributed by atoms with Crippen molar-refractivity contribution in [2.45, 2.75) is 0 Å². The number of hydrogen-bond donors (Lipinski definition) is 1. The molecule has 0 aliphatic carbocycles. The van der Waals surface area contributed by atoms with Crippen LogP contribution in [-0.2, 0) is 9.53 Å². The molecule has 1 amide bonds. The Balaban J connectivity index is 1.58. The summed E-state index contributed by atoms with van der Waals surface area (Å²) in [6, 6.07) is 19.3. The first-order valence-corrected chi connectivity index (χ1v) is 11.9. The molecule has 36 heavy (non-hydrogen) atoms. The van der Waals surface area contributed by atoms with Gasteiger partial charge < -0.3 is 14.8 Å². The summed E-state index contributed by atoms with van der Waals surface area (Å²) in [7, 11) is 0. The summed E-state index contributed by atoms with van der Waals surface area (Å²) in [6.45, 7) is 8.35. The zero-order valence-electron chi connectivity index (χ0n) is 20.1. The fourth-order valence-corrected chi connectivity index (χ4v) is 3.85. The van der Waals surface area contributed by atoms with Crippen molar-refractivity contribution in [2.24, 2.45) is 0 Å². The van der Waals surface area contributed by atoms with Crippen LogP contribution in [0.2, 0.25) is 0 Å². The van der Waals surface area contributed by atoms with Crippen molar-refractivity contribution in [3.05, 3.63) is 84.6 Å². The number of amides is 1. The molecular formula is C28H29N5O3. The average Bonchev–Trinajstić information content (AvgIpc) is 3.35. The number of nitriles is 1. The minimum atomic E-state index is -0.405. The van der Waals surface area contributed by atoms with Gasteiger partial charge in [0.25, 0.3) is 5.91 Å². The molecule has 1 fully saturated rings. The van der Waals surface area contributed by atoms with E-state index in [1.54, 1.807) is 16.8 Å². The summed E-state index contributed by atoms with van der Waals surface area (Å²) >= 11 is 0. The summed E-state index contributed by atoms with van der Waals surface area (Å²) in [5.74, 6) is 0.313. The number of hydrogen-bond acceptors (Lipinski definition) is 6. The number of aromatic nitrogens is 2. The standard InChI is InChI=1S/C28H29N5O3/c1-2-16-36-26-10-8-22(9-11-26)27-24(21-33(31-27)25-6-4-3-5-7-25)19-23(20-29)28(34)30-12-13-32-14-17-35-18-15-32/h2-11,19,21H,1,12-18H2,(H,30,34)/b23-19+. The second-order valence-corrected chi connectivity index (χ2v) is 8.22. The van der Waals surface area contributed by atoms with E-state index in [0.29, 0.717) is 44.2 Å². The molecule has 0 unspecified atom stereocenters. The van der Waals surface area contributed by atoms with Crippen molar-refractivity contribution in [3.63, 3.8) is 0 Å². The van der Waals surface area contributed by atoms with E-state index in [2.05, 4.69) is 16.8 Å². The summed E-state index contributed by atoms with van der Waals surface area (Å²) in [6.07, 6.45) is 5.10. The highest BCUT2D eigenvalue weighted by Gasteiger charge is 2.16. The number of para-hydroxylation sites is 1. The Morgan fingerprint density at radius 3 is 2.61 bits per heavy atom. The van der Waals surface area contributed by atoms with E-state index in [1.165, 1.54) is 0 Å². The smallest absolute Gasteiger partial charge is 0.262 e. The van der Waals surface area contributed by atoms with E-state index < -0.39 is 5.91 Å². The third-order valence-electron chi connectivity index (χ3n) is 5.74. The van der Waals surface area contributed by atoms with Gasteiger partial charge in [-0.05, 0) is 42.5 Å². The molecule has 0 radical (unpaired) electrons. The summed E-state index contributed by atoms with van der Waals surface area (Å²) in [5, 5.41) is 17.4. The van der Waals surface area contributed by atoms with Crippen molar-refractivity contribution < 1.29 is 14.3 Å². The lowest BCUT2D eigenvalue weighted by atomic mass is 10.1. The third kappa shape index (κ3) is 6.48. The third-order valence-corrected chi connectivity index (χ3v) is 5.74. The van der Waals surface area contributed by atoms with Gasteiger partial charge in [-0.25, -0.2) is 4.68 Å². The van der Waals surface area contributed by atoms with Crippen molar-refractivity contribution in [3.8, 4) is 28.8 Å². The fraction of sp³-hybridized carbons (Fsp3) is 0.250. The minimum Gasteiger partial charge on any atom is -0.490 e. The second kappa shape index (κ2) is 12.5. The number of benzene rings is 2. The highest BCUT2D eigenvalue weighted by atomic mass is 16.5. The number of nitrogens with zero attached hydrogens (tertiary/aromatic N) is 4. The van der Waals surface area contributed by atoms with Crippen LogP contribution in [0.4, 0.5) is 0 Å². The van der Waals surface area contributed by atoms with Gasteiger partial charge in [-0.1, -0.05) is 30.9 Å². The predicted octanol–water partition coefficient (Wildman–Crippen LogP) is 3.46. The van der Waals surface area contributed by atoms with Gasteiger partial charge in [0, 0.05) is 43.5 Å². The van der Waals surface area contributed by atoms with E-state index in [4.69, 9.17) is 14.6 Å². The molecule has 0 saturated carbocycles. The van der Waals surface area contributed by atoms with Crippen LogP contribution in [0.5, 0.6) is 5.75 Å². The van der Waals surface area contributed by atoms with Crippen LogP contribution in [-0.4, -0.2) is 66.6 Å². The first-order valence-electron chi connectivity index (χ1n) is 11.9. The molecule has 0 spiro atoms. The molecule has 8 nitrogen and oxygen atoms in total. The Bertz CT molecular complexity index is 1240. The molecule has 4 rings (SSSR count). The van der Waals surface area contributed by atoms with E-state index in [1.807, 2.05) is 66.9 Å².